The van der Waals surface area contributed by atoms with Crippen LogP contribution in [0.3, 0.4) is 0 Å². The van der Waals surface area contributed by atoms with Crippen molar-refractivity contribution in [2.45, 2.75) is 46.7 Å². The lowest BCUT2D eigenvalue weighted by molar-refractivity contribution is -0.165. The number of rotatable bonds is 7. The molecule has 0 aliphatic carbocycles. The molecule has 0 atom stereocenters. The quantitative estimate of drug-likeness (QED) is 0.226. The fourth-order valence-corrected chi connectivity index (χ4v) is 1.96. The summed E-state index contributed by atoms with van der Waals surface area (Å²) in [6.45, 7) is 6.52. The topological polar surface area (TPSA) is 52.6 Å². The Kier molecular flexibility index (Phi) is 7.17. The summed E-state index contributed by atoms with van der Waals surface area (Å²) in [5, 5.41) is 0. The number of halogens is 4. The number of carbonyl (C=O) groups excluding carboxylic acids is 2. The Labute approximate surface area is 149 Å². The van der Waals surface area contributed by atoms with Crippen molar-refractivity contribution in [2.24, 2.45) is 11.3 Å². The third-order valence-electron chi connectivity index (χ3n) is 3.65. The Balaban J connectivity index is 2.81. The average molecular weight is 378 g/mol. The molecule has 146 valence electrons. The van der Waals surface area contributed by atoms with Crippen molar-refractivity contribution in [3.05, 3.63) is 29.6 Å². The van der Waals surface area contributed by atoms with Crippen LogP contribution in [0.1, 0.15) is 46.1 Å². The maximum atomic E-state index is 13.9. The molecule has 1 aromatic rings. The van der Waals surface area contributed by atoms with E-state index in [4.69, 9.17) is 9.47 Å². The second kappa shape index (κ2) is 8.51. The lowest BCUT2D eigenvalue weighted by Gasteiger charge is -2.21. The van der Waals surface area contributed by atoms with Crippen LogP contribution >= 0.6 is 0 Å². The molecule has 0 aliphatic heterocycles. The van der Waals surface area contributed by atoms with Crippen LogP contribution in [0.15, 0.2) is 18.2 Å². The number of esters is 2. The van der Waals surface area contributed by atoms with Crippen LogP contribution in [0, 0.1) is 17.2 Å². The van der Waals surface area contributed by atoms with Crippen LogP contribution < -0.4 is 4.74 Å². The molecule has 4 nitrogen and oxygen atoms in total. The second-order valence-corrected chi connectivity index (χ2v) is 6.80. The fraction of sp³-hybridized carbons (Fsp3) is 0.556. The van der Waals surface area contributed by atoms with Gasteiger partial charge in [-0.1, -0.05) is 19.9 Å². The van der Waals surface area contributed by atoms with E-state index in [1.54, 1.807) is 0 Å². The van der Waals surface area contributed by atoms with Crippen molar-refractivity contribution in [1.29, 1.82) is 0 Å². The number of benzene rings is 1. The summed E-state index contributed by atoms with van der Waals surface area (Å²) in [6, 6.07) is 2.32. The summed E-state index contributed by atoms with van der Waals surface area (Å²) in [4.78, 5) is 24.2. The summed E-state index contributed by atoms with van der Waals surface area (Å²) in [7, 11) is 0. The molecule has 0 saturated heterocycles. The lowest BCUT2D eigenvalue weighted by atomic mass is 9.94. The third-order valence-corrected chi connectivity index (χ3v) is 3.65. The Morgan fingerprint density at radius 2 is 1.73 bits per heavy atom. The first-order valence-corrected chi connectivity index (χ1v) is 8.12. The van der Waals surface area contributed by atoms with Crippen LogP contribution in [0.2, 0.25) is 0 Å². The molecule has 1 aromatic carbocycles. The summed E-state index contributed by atoms with van der Waals surface area (Å²) >= 11 is 0. The van der Waals surface area contributed by atoms with Gasteiger partial charge >= 0.3 is 18.1 Å². The zero-order valence-corrected chi connectivity index (χ0v) is 15.1. The first kappa shape index (κ1) is 21.9. The zero-order valence-electron chi connectivity index (χ0n) is 15.1. The van der Waals surface area contributed by atoms with Crippen molar-refractivity contribution in [3.63, 3.8) is 0 Å². The Morgan fingerprint density at radius 3 is 2.27 bits per heavy atom. The zero-order chi connectivity index (χ0) is 20.1. The van der Waals surface area contributed by atoms with Gasteiger partial charge < -0.3 is 9.47 Å². The van der Waals surface area contributed by atoms with E-state index in [1.165, 1.54) is 13.8 Å². The predicted molar refractivity (Wildman–Crippen MR) is 85.8 cm³/mol. The normalized spacial score (nSPS) is 12.2. The molecule has 0 fully saturated rings. The number of ether oxygens (including phenoxy) is 2. The average Bonchev–Trinajstić information content (AvgIpc) is 2.51. The highest BCUT2D eigenvalue weighted by Crippen LogP contribution is 2.35. The maximum Gasteiger partial charge on any atom is 0.419 e. The summed E-state index contributed by atoms with van der Waals surface area (Å²) < 4.78 is 61.7. The fourth-order valence-electron chi connectivity index (χ4n) is 1.96. The largest absolute Gasteiger partial charge is 0.465 e. The summed E-state index contributed by atoms with van der Waals surface area (Å²) in [5.41, 5.74) is -3.35. The van der Waals surface area contributed by atoms with Gasteiger partial charge in [0.15, 0.2) is 17.0 Å². The van der Waals surface area contributed by atoms with Gasteiger partial charge in [0.25, 0.3) is 0 Å². The highest BCUT2D eigenvalue weighted by molar-refractivity contribution is 5.99. The highest BCUT2D eigenvalue weighted by atomic mass is 19.4. The summed E-state index contributed by atoms with van der Waals surface area (Å²) in [5.74, 6) is -4.28. The van der Waals surface area contributed by atoms with Crippen molar-refractivity contribution in [1.82, 2.24) is 0 Å². The van der Waals surface area contributed by atoms with Gasteiger partial charge in [-0.3, -0.25) is 9.59 Å². The van der Waals surface area contributed by atoms with Crippen molar-refractivity contribution < 1.29 is 36.6 Å². The molecule has 0 amide bonds. The van der Waals surface area contributed by atoms with Gasteiger partial charge in [0.05, 0.1) is 12.2 Å². The standard InChI is InChI=1S/C18H22F4O4/c1-11(2)7-6-10-25-15(23)17(3,4)16(24)26-13-9-5-8-12(14(13)19)18(20,21)22/h5,8-9,11H,6-7,10H2,1-4H3. The molecule has 0 radical (unpaired) electrons. The van der Waals surface area contributed by atoms with E-state index in [-0.39, 0.29) is 6.61 Å². The first-order valence-electron chi connectivity index (χ1n) is 8.12. The van der Waals surface area contributed by atoms with Crippen LogP contribution in [0.25, 0.3) is 0 Å². The van der Waals surface area contributed by atoms with E-state index in [1.807, 2.05) is 13.8 Å². The van der Waals surface area contributed by atoms with Crippen LogP contribution in [-0.2, 0) is 20.5 Å². The van der Waals surface area contributed by atoms with E-state index >= 15 is 0 Å². The molecule has 0 heterocycles. The van der Waals surface area contributed by atoms with E-state index < -0.39 is 40.7 Å². The maximum absolute atomic E-state index is 13.9. The van der Waals surface area contributed by atoms with Gasteiger partial charge in [0.2, 0.25) is 0 Å². The molecule has 1 rings (SSSR count). The second-order valence-electron chi connectivity index (χ2n) is 6.80. The number of alkyl halides is 3. The predicted octanol–water partition coefficient (Wildman–Crippen LogP) is 4.76. The van der Waals surface area contributed by atoms with E-state index in [9.17, 15) is 27.2 Å². The molecular weight excluding hydrogens is 356 g/mol. The van der Waals surface area contributed by atoms with Crippen molar-refractivity contribution in [3.8, 4) is 5.75 Å². The van der Waals surface area contributed by atoms with Gasteiger partial charge in [0.1, 0.15) is 0 Å². The monoisotopic (exact) mass is 378 g/mol. The van der Waals surface area contributed by atoms with Crippen LogP contribution in [0.5, 0.6) is 5.75 Å². The van der Waals surface area contributed by atoms with Gasteiger partial charge in [-0.05, 0) is 44.7 Å². The number of carbonyl (C=O) groups is 2. The minimum Gasteiger partial charge on any atom is -0.465 e. The minimum atomic E-state index is -4.93. The van der Waals surface area contributed by atoms with Crippen LogP contribution in [-0.4, -0.2) is 18.5 Å². The smallest absolute Gasteiger partial charge is 0.419 e. The van der Waals surface area contributed by atoms with Gasteiger partial charge in [0, 0.05) is 0 Å². The SMILES string of the molecule is CC(C)CCCOC(=O)C(C)(C)C(=O)Oc1cccc(C(F)(F)F)c1F. The molecule has 26 heavy (non-hydrogen) atoms. The van der Waals surface area contributed by atoms with Gasteiger partial charge in [-0.2, -0.15) is 13.2 Å². The van der Waals surface area contributed by atoms with E-state index in [0.717, 1.165) is 18.6 Å². The molecular formula is C18H22F4O4. The van der Waals surface area contributed by atoms with Crippen molar-refractivity contribution >= 4 is 11.9 Å². The first-order chi connectivity index (χ1) is 11.9. The number of hydrogen-bond acceptors (Lipinski definition) is 4. The number of hydrogen-bond donors (Lipinski definition) is 0. The van der Waals surface area contributed by atoms with E-state index in [2.05, 4.69) is 0 Å². The Bertz CT molecular complexity index is 651. The molecule has 0 saturated carbocycles. The Morgan fingerprint density at radius 1 is 1.12 bits per heavy atom. The van der Waals surface area contributed by atoms with Crippen molar-refractivity contribution in [2.75, 3.05) is 6.61 Å². The van der Waals surface area contributed by atoms with Gasteiger partial charge in [-0.15, -0.1) is 0 Å². The molecule has 0 unspecified atom stereocenters. The molecule has 0 bridgehead atoms. The Hall–Kier alpha value is -2.12. The third kappa shape index (κ3) is 5.71. The van der Waals surface area contributed by atoms with Gasteiger partial charge in [-0.25, -0.2) is 4.39 Å². The lowest BCUT2D eigenvalue weighted by Crippen LogP contribution is -2.38. The molecule has 8 heteroatoms. The molecule has 0 N–H and O–H groups in total. The van der Waals surface area contributed by atoms with Crippen LogP contribution in [0.4, 0.5) is 17.6 Å². The van der Waals surface area contributed by atoms with E-state index in [0.29, 0.717) is 18.4 Å². The molecule has 0 aliphatic rings. The molecule has 0 spiro atoms. The highest BCUT2D eigenvalue weighted by Gasteiger charge is 2.41. The minimum absolute atomic E-state index is 0.103. The molecule has 0 aromatic heterocycles. The summed E-state index contributed by atoms with van der Waals surface area (Å²) in [6.07, 6.45) is -3.50.